The Morgan fingerprint density at radius 3 is 2.33 bits per heavy atom. The summed E-state index contributed by atoms with van der Waals surface area (Å²) in [4.78, 5) is 28.4. The third-order valence-corrected chi connectivity index (χ3v) is 6.62. The summed E-state index contributed by atoms with van der Waals surface area (Å²) in [5.74, 6) is -0.0396. The number of nitrogens with zero attached hydrogens (tertiary/aromatic N) is 1. The molecule has 1 N–H and O–H groups in total. The minimum absolute atomic E-state index is 0.0452. The average Bonchev–Trinajstić information content (AvgIpc) is 2.73. The van der Waals surface area contributed by atoms with Crippen molar-refractivity contribution < 1.29 is 9.59 Å². The summed E-state index contributed by atoms with van der Waals surface area (Å²) in [6.45, 7) is 8.01. The molecule has 7 heteroatoms. The molecule has 0 aliphatic heterocycles. The van der Waals surface area contributed by atoms with Gasteiger partial charge in [-0.3, -0.25) is 9.59 Å². The lowest BCUT2D eigenvalue weighted by Crippen LogP contribution is -2.50. The molecular weight excluding hydrogens is 439 g/mol. The zero-order valence-electron chi connectivity index (χ0n) is 17.7. The third-order valence-electron chi connectivity index (χ3n) is 4.89. The number of carbonyl (C=O) groups excluding carboxylic acids is 2. The number of thioether (sulfide) groups is 1. The number of aryl methyl sites for hydroxylation is 1. The Kier molecular flexibility index (Phi) is 9.53. The average molecular weight is 467 g/mol. The molecule has 0 bridgehead atoms. The smallest absolute Gasteiger partial charge is 0.242 e. The lowest BCUT2D eigenvalue weighted by atomic mass is 10.1. The van der Waals surface area contributed by atoms with Crippen LogP contribution in [0.25, 0.3) is 0 Å². The van der Waals surface area contributed by atoms with Crippen LogP contribution in [-0.2, 0) is 16.1 Å². The van der Waals surface area contributed by atoms with Gasteiger partial charge in [0.2, 0.25) is 11.8 Å². The first-order valence-electron chi connectivity index (χ1n) is 9.94. The van der Waals surface area contributed by atoms with E-state index in [1.807, 2.05) is 51.1 Å². The van der Waals surface area contributed by atoms with Crippen LogP contribution in [0.15, 0.2) is 47.4 Å². The normalized spacial score (nSPS) is 12.9. The van der Waals surface area contributed by atoms with E-state index in [0.717, 1.165) is 16.9 Å². The SMILES string of the molecule is CC[C@@H](C)NC(=O)[C@H](C)N(Cc1ccc(Cl)c(Cl)c1)C(=O)CSc1ccc(C)cc1. The molecule has 4 nitrogen and oxygen atoms in total. The Balaban J connectivity index is 2.17. The molecule has 2 rings (SSSR count). The molecule has 0 unspecified atom stereocenters. The van der Waals surface area contributed by atoms with Gasteiger partial charge < -0.3 is 10.2 Å². The first-order chi connectivity index (χ1) is 14.2. The maximum Gasteiger partial charge on any atom is 0.242 e. The number of hydrogen-bond donors (Lipinski definition) is 1. The number of benzene rings is 2. The molecule has 0 aliphatic carbocycles. The van der Waals surface area contributed by atoms with Crippen LogP contribution in [0.5, 0.6) is 0 Å². The standard InChI is InChI=1S/C23H28Cl2N2O2S/c1-5-16(3)26-23(29)17(4)27(13-18-8-11-20(24)21(25)12-18)22(28)14-30-19-9-6-15(2)7-10-19/h6-12,16-17H,5,13-14H2,1-4H3,(H,26,29)/t16-,17+/m1/s1. The Bertz CT molecular complexity index is 874. The Labute approximate surface area is 193 Å². The van der Waals surface area contributed by atoms with Crippen molar-refractivity contribution >= 4 is 46.8 Å². The first-order valence-corrected chi connectivity index (χ1v) is 11.7. The highest BCUT2D eigenvalue weighted by Gasteiger charge is 2.27. The van der Waals surface area contributed by atoms with Gasteiger partial charge in [-0.15, -0.1) is 11.8 Å². The minimum atomic E-state index is -0.612. The van der Waals surface area contributed by atoms with E-state index in [0.29, 0.717) is 10.0 Å². The van der Waals surface area contributed by atoms with Crippen LogP contribution in [0.2, 0.25) is 10.0 Å². The van der Waals surface area contributed by atoms with Crippen LogP contribution in [0.4, 0.5) is 0 Å². The molecule has 0 spiro atoms. The number of halogens is 2. The molecule has 0 saturated carbocycles. The minimum Gasteiger partial charge on any atom is -0.352 e. The summed E-state index contributed by atoms with van der Waals surface area (Å²) >= 11 is 13.6. The third kappa shape index (κ3) is 7.22. The van der Waals surface area contributed by atoms with E-state index in [1.54, 1.807) is 24.0 Å². The maximum atomic E-state index is 13.1. The number of rotatable bonds is 9. The second-order valence-corrected chi connectivity index (χ2v) is 9.23. The predicted molar refractivity (Wildman–Crippen MR) is 126 cm³/mol. The van der Waals surface area contributed by atoms with Gasteiger partial charge in [-0.05, 0) is 57.0 Å². The largest absolute Gasteiger partial charge is 0.352 e. The van der Waals surface area contributed by atoms with E-state index in [9.17, 15) is 9.59 Å². The zero-order chi connectivity index (χ0) is 22.3. The molecule has 2 aromatic rings. The van der Waals surface area contributed by atoms with Crippen LogP contribution < -0.4 is 5.32 Å². The number of nitrogens with one attached hydrogen (secondary N) is 1. The van der Waals surface area contributed by atoms with E-state index < -0.39 is 6.04 Å². The zero-order valence-corrected chi connectivity index (χ0v) is 20.1. The highest BCUT2D eigenvalue weighted by atomic mass is 35.5. The molecule has 0 radical (unpaired) electrons. The Morgan fingerprint density at radius 2 is 1.73 bits per heavy atom. The van der Waals surface area contributed by atoms with Crippen molar-refractivity contribution in [1.29, 1.82) is 0 Å². The van der Waals surface area contributed by atoms with Crippen LogP contribution in [0.3, 0.4) is 0 Å². The summed E-state index contributed by atoms with van der Waals surface area (Å²) in [6.07, 6.45) is 0.822. The number of amides is 2. The van der Waals surface area contributed by atoms with E-state index in [-0.39, 0.29) is 30.2 Å². The Morgan fingerprint density at radius 1 is 1.07 bits per heavy atom. The Hall–Kier alpha value is -1.69. The summed E-state index contributed by atoms with van der Waals surface area (Å²) in [5.41, 5.74) is 1.99. The molecule has 2 aromatic carbocycles. The van der Waals surface area contributed by atoms with Crippen molar-refractivity contribution in [2.75, 3.05) is 5.75 Å². The topological polar surface area (TPSA) is 49.4 Å². The number of hydrogen-bond acceptors (Lipinski definition) is 3. The second kappa shape index (κ2) is 11.6. The van der Waals surface area contributed by atoms with Crippen molar-refractivity contribution in [1.82, 2.24) is 10.2 Å². The lowest BCUT2D eigenvalue weighted by molar-refractivity contribution is -0.138. The molecule has 0 aliphatic rings. The van der Waals surface area contributed by atoms with Gasteiger partial charge >= 0.3 is 0 Å². The second-order valence-electron chi connectivity index (χ2n) is 7.37. The van der Waals surface area contributed by atoms with E-state index in [1.165, 1.54) is 17.3 Å². The lowest BCUT2D eigenvalue weighted by Gasteiger charge is -2.29. The van der Waals surface area contributed by atoms with Gasteiger partial charge in [0.1, 0.15) is 6.04 Å². The van der Waals surface area contributed by atoms with Gasteiger partial charge in [-0.2, -0.15) is 0 Å². The monoisotopic (exact) mass is 466 g/mol. The van der Waals surface area contributed by atoms with Crippen molar-refractivity contribution in [3.05, 3.63) is 63.6 Å². The van der Waals surface area contributed by atoms with E-state index in [2.05, 4.69) is 5.32 Å². The quantitative estimate of drug-likeness (QED) is 0.480. The summed E-state index contributed by atoms with van der Waals surface area (Å²) in [5, 5.41) is 3.84. The molecule has 0 fully saturated rings. The van der Waals surface area contributed by atoms with Crippen LogP contribution in [-0.4, -0.2) is 34.6 Å². The maximum absolute atomic E-state index is 13.1. The van der Waals surface area contributed by atoms with Crippen LogP contribution in [0.1, 0.15) is 38.3 Å². The van der Waals surface area contributed by atoms with Gasteiger partial charge in [-0.1, -0.05) is 53.9 Å². The summed E-state index contributed by atoms with van der Waals surface area (Å²) in [6, 6.07) is 12.7. The fourth-order valence-electron chi connectivity index (χ4n) is 2.75. The van der Waals surface area contributed by atoms with Gasteiger partial charge in [0, 0.05) is 17.5 Å². The van der Waals surface area contributed by atoms with Crippen molar-refractivity contribution in [3.63, 3.8) is 0 Å². The fraction of sp³-hybridized carbons (Fsp3) is 0.391. The molecule has 2 amide bonds. The highest BCUT2D eigenvalue weighted by molar-refractivity contribution is 8.00. The highest BCUT2D eigenvalue weighted by Crippen LogP contribution is 2.25. The van der Waals surface area contributed by atoms with Crippen LogP contribution in [0, 0.1) is 6.92 Å². The molecule has 0 aromatic heterocycles. The van der Waals surface area contributed by atoms with Gasteiger partial charge in [0.15, 0.2) is 0 Å². The summed E-state index contributed by atoms with van der Waals surface area (Å²) in [7, 11) is 0. The predicted octanol–water partition coefficient (Wildman–Crippen LogP) is 5.73. The summed E-state index contributed by atoms with van der Waals surface area (Å²) < 4.78 is 0. The van der Waals surface area contributed by atoms with Crippen molar-refractivity contribution in [2.45, 2.75) is 57.6 Å². The van der Waals surface area contributed by atoms with Crippen molar-refractivity contribution in [2.24, 2.45) is 0 Å². The van der Waals surface area contributed by atoms with Gasteiger partial charge in [-0.25, -0.2) is 0 Å². The van der Waals surface area contributed by atoms with Gasteiger partial charge in [0.25, 0.3) is 0 Å². The van der Waals surface area contributed by atoms with Gasteiger partial charge in [0.05, 0.1) is 15.8 Å². The fourth-order valence-corrected chi connectivity index (χ4v) is 3.85. The molecule has 2 atom stereocenters. The number of carbonyl (C=O) groups is 2. The molecular formula is C23H28Cl2N2O2S. The molecule has 0 saturated heterocycles. The van der Waals surface area contributed by atoms with E-state index in [4.69, 9.17) is 23.2 Å². The van der Waals surface area contributed by atoms with Crippen LogP contribution >= 0.6 is 35.0 Å². The molecule has 30 heavy (non-hydrogen) atoms. The molecule has 162 valence electrons. The first kappa shape index (κ1) is 24.6. The van der Waals surface area contributed by atoms with E-state index >= 15 is 0 Å². The molecule has 0 heterocycles. The van der Waals surface area contributed by atoms with Crippen molar-refractivity contribution in [3.8, 4) is 0 Å².